The fourth-order valence-electron chi connectivity index (χ4n) is 1.32. The molecule has 0 fully saturated rings. The third-order valence-electron chi connectivity index (χ3n) is 2.05. The van der Waals surface area contributed by atoms with Gasteiger partial charge >= 0.3 is 0 Å². The lowest BCUT2D eigenvalue weighted by molar-refractivity contribution is 0.281. The second-order valence-corrected chi connectivity index (χ2v) is 3.31. The lowest BCUT2D eigenvalue weighted by atomic mass is 10.2. The van der Waals surface area contributed by atoms with Gasteiger partial charge in [-0.25, -0.2) is 0 Å². The molecule has 0 bridgehead atoms. The highest BCUT2D eigenvalue weighted by molar-refractivity contribution is 5.35. The minimum atomic E-state index is -0.0123. The largest absolute Gasteiger partial charge is 0.439 e. The summed E-state index contributed by atoms with van der Waals surface area (Å²) in [6.45, 7) is -0.0123. The highest BCUT2D eigenvalue weighted by Gasteiger charge is 1.99. The van der Waals surface area contributed by atoms with Crippen LogP contribution < -0.4 is 10.5 Å². The van der Waals surface area contributed by atoms with Gasteiger partial charge in [-0.1, -0.05) is 18.2 Å². The van der Waals surface area contributed by atoms with E-state index < -0.39 is 0 Å². The van der Waals surface area contributed by atoms with Gasteiger partial charge in [-0.15, -0.1) is 0 Å². The molecular weight excluding hydrogens is 204 g/mol. The molecule has 16 heavy (non-hydrogen) atoms. The highest BCUT2D eigenvalue weighted by atomic mass is 16.5. The molecule has 4 heteroatoms. The molecule has 2 rings (SSSR count). The van der Waals surface area contributed by atoms with Crippen molar-refractivity contribution >= 4 is 5.82 Å². The Morgan fingerprint density at radius 2 is 2.00 bits per heavy atom. The minimum absolute atomic E-state index is 0.0123. The SMILES string of the molecule is Nc1cccc(Oc2cccc(CO)c2)n1. The number of hydrogen-bond acceptors (Lipinski definition) is 4. The van der Waals surface area contributed by atoms with Crippen LogP contribution in [-0.4, -0.2) is 10.1 Å². The lowest BCUT2D eigenvalue weighted by Crippen LogP contribution is -1.93. The summed E-state index contributed by atoms with van der Waals surface area (Å²) in [4.78, 5) is 4.02. The molecule has 2 aromatic rings. The van der Waals surface area contributed by atoms with Crippen LogP contribution in [0.1, 0.15) is 5.56 Å². The normalized spacial score (nSPS) is 10.1. The minimum Gasteiger partial charge on any atom is -0.439 e. The molecule has 0 aliphatic heterocycles. The Balaban J connectivity index is 2.20. The first-order valence-electron chi connectivity index (χ1n) is 4.88. The van der Waals surface area contributed by atoms with Crippen LogP contribution in [0.4, 0.5) is 5.82 Å². The fourth-order valence-corrected chi connectivity index (χ4v) is 1.32. The number of rotatable bonds is 3. The van der Waals surface area contributed by atoms with Crippen molar-refractivity contribution in [2.45, 2.75) is 6.61 Å². The van der Waals surface area contributed by atoms with E-state index in [9.17, 15) is 0 Å². The number of aromatic nitrogens is 1. The number of nitrogens with two attached hydrogens (primary N) is 1. The zero-order chi connectivity index (χ0) is 11.4. The Hall–Kier alpha value is -2.07. The summed E-state index contributed by atoms with van der Waals surface area (Å²) in [6, 6.07) is 12.4. The van der Waals surface area contributed by atoms with Crippen molar-refractivity contribution in [1.29, 1.82) is 0 Å². The maximum atomic E-state index is 8.98. The molecule has 82 valence electrons. The number of nitrogen functional groups attached to an aromatic ring is 1. The molecule has 3 N–H and O–H groups in total. The lowest BCUT2D eigenvalue weighted by Gasteiger charge is -2.06. The summed E-state index contributed by atoms with van der Waals surface area (Å²) in [7, 11) is 0. The monoisotopic (exact) mass is 216 g/mol. The topological polar surface area (TPSA) is 68.4 Å². The zero-order valence-electron chi connectivity index (χ0n) is 8.63. The van der Waals surface area contributed by atoms with Gasteiger partial charge in [0.25, 0.3) is 0 Å². The smallest absolute Gasteiger partial charge is 0.221 e. The van der Waals surface area contributed by atoms with Crippen LogP contribution in [0.5, 0.6) is 11.6 Å². The van der Waals surface area contributed by atoms with Gasteiger partial charge in [0, 0.05) is 6.07 Å². The summed E-state index contributed by atoms with van der Waals surface area (Å²) in [5.74, 6) is 1.48. The van der Waals surface area contributed by atoms with E-state index in [-0.39, 0.29) is 6.61 Å². The first kappa shape index (κ1) is 10.4. The number of anilines is 1. The Kier molecular flexibility index (Phi) is 3.03. The summed E-state index contributed by atoms with van der Waals surface area (Å²) < 4.78 is 5.50. The van der Waals surface area contributed by atoms with Crippen LogP contribution in [0.3, 0.4) is 0 Å². The number of pyridine rings is 1. The molecule has 4 nitrogen and oxygen atoms in total. The van der Waals surface area contributed by atoms with Crippen molar-refractivity contribution in [2.75, 3.05) is 5.73 Å². The predicted octanol–water partition coefficient (Wildman–Crippen LogP) is 1.95. The molecule has 1 aromatic carbocycles. The Morgan fingerprint density at radius 3 is 2.75 bits per heavy atom. The molecule has 0 aliphatic rings. The van der Waals surface area contributed by atoms with Crippen LogP contribution in [0, 0.1) is 0 Å². The Bertz CT molecular complexity index is 486. The van der Waals surface area contributed by atoms with Crippen molar-refractivity contribution in [3.63, 3.8) is 0 Å². The predicted molar refractivity (Wildman–Crippen MR) is 61.1 cm³/mol. The van der Waals surface area contributed by atoms with Gasteiger partial charge in [-0.2, -0.15) is 4.98 Å². The van der Waals surface area contributed by atoms with Crippen LogP contribution in [0.15, 0.2) is 42.5 Å². The van der Waals surface area contributed by atoms with E-state index in [1.54, 1.807) is 30.3 Å². The number of nitrogens with zero attached hydrogens (tertiary/aromatic N) is 1. The maximum absolute atomic E-state index is 8.98. The van der Waals surface area contributed by atoms with Crippen LogP contribution in [-0.2, 0) is 6.61 Å². The van der Waals surface area contributed by atoms with E-state index >= 15 is 0 Å². The second-order valence-electron chi connectivity index (χ2n) is 3.31. The second kappa shape index (κ2) is 4.63. The van der Waals surface area contributed by atoms with E-state index in [0.717, 1.165) is 5.56 Å². The van der Waals surface area contributed by atoms with E-state index in [4.69, 9.17) is 15.6 Å². The van der Waals surface area contributed by atoms with Gasteiger partial charge in [0.05, 0.1) is 6.61 Å². The molecule has 0 aliphatic carbocycles. The van der Waals surface area contributed by atoms with Crippen molar-refractivity contribution in [2.24, 2.45) is 0 Å². The van der Waals surface area contributed by atoms with E-state index in [1.165, 1.54) is 0 Å². The standard InChI is InChI=1S/C12H12N2O2/c13-11-5-2-6-12(14-11)16-10-4-1-3-9(7-10)8-15/h1-7,15H,8H2,(H2,13,14). The van der Waals surface area contributed by atoms with Crippen molar-refractivity contribution < 1.29 is 9.84 Å². The summed E-state index contributed by atoms with van der Waals surface area (Å²) in [5.41, 5.74) is 6.33. The van der Waals surface area contributed by atoms with Gasteiger partial charge in [0.1, 0.15) is 11.6 Å². The summed E-state index contributed by atoms with van der Waals surface area (Å²) in [5, 5.41) is 8.98. The molecular formula is C12H12N2O2. The molecule has 0 radical (unpaired) electrons. The molecule has 1 heterocycles. The molecule has 1 aromatic heterocycles. The third-order valence-corrected chi connectivity index (χ3v) is 2.05. The average Bonchev–Trinajstić information content (AvgIpc) is 2.29. The molecule has 0 unspecified atom stereocenters. The quantitative estimate of drug-likeness (QED) is 0.822. The number of hydrogen-bond donors (Lipinski definition) is 2. The van der Waals surface area contributed by atoms with Crippen molar-refractivity contribution in [3.8, 4) is 11.6 Å². The fraction of sp³-hybridized carbons (Fsp3) is 0.0833. The highest BCUT2D eigenvalue weighted by Crippen LogP contribution is 2.20. The molecule has 0 amide bonds. The van der Waals surface area contributed by atoms with E-state index in [0.29, 0.717) is 17.4 Å². The zero-order valence-corrected chi connectivity index (χ0v) is 8.63. The number of aliphatic hydroxyl groups excluding tert-OH is 1. The summed E-state index contributed by atoms with van der Waals surface area (Å²) in [6.07, 6.45) is 0. The Morgan fingerprint density at radius 1 is 1.19 bits per heavy atom. The number of aliphatic hydroxyl groups is 1. The number of benzene rings is 1. The van der Waals surface area contributed by atoms with Crippen LogP contribution in [0.2, 0.25) is 0 Å². The maximum Gasteiger partial charge on any atom is 0.221 e. The molecule has 0 saturated heterocycles. The van der Waals surface area contributed by atoms with Crippen molar-refractivity contribution in [3.05, 3.63) is 48.0 Å². The molecule has 0 saturated carbocycles. The summed E-state index contributed by atoms with van der Waals surface area (Å²) >= 11 is 0. The Labute approximate surface area is 93.3 Å². The van der Waals surface area contributed by atoms with Gasteiger partial charge in [-0.3, -0.25) is 0 Å². The van der Waals surface area contributed by atoms with Crippen LogP contribution in [0.25, 0.3) is 0 Å². The molecule has 0 atom stereocenters. The van der Waals surface area contributed by atoms with E-state index in [1.807, 2.05) is 12.1 Å². The molecule has 0 spiro atoms. The third kappa shape index (κ3) is 2.49. The van der Waals surface area contributed by atoms with Gasteiger partial charge in [-0.05, 0) is 23.8 Å². The van der Waals surface area contributed by atoms with Crippen molar-refractivity contribution in [1.82, 2.24) is 4.98 Å². The number of ether oxygens (including phenoxy) is 1. The average molecular weight is 216 g/mol. The first-order chi connectivity index (χ1) is 7.78. The van der Waals surface area contributed by atoms with Gasteiger partial charge in [0.2, 0.25) is 5.88 Å². The van der Waals surface area contributed by atoms with Gasteiger partial charge in [0.15, 0.2) is 0 Å². The van der Waals surface area contributed by atoms with Gasteiger partial charge < -0.3 is 15.6 Å². The first-order valence-corrected chi connectivity index (χ1v) is 4.88. The van der Waals surface area contributed by atoms with E-state index in [2.05, 4.69) is 4.98 Å². The van der Waals surface area contributed by atoms with Crippen LogP contribution >= 0.6 is 0 Å².